The van der Waals surface area contributed by atoms with Gasteiger partial charge in [-0.3, -0.25) is 0 Å². The van der Waals surface area contributed by atoms with Gasteiger partial charge in [-0.2, -0.15) is 0 Å². The average molecular weight is 454 g/mol. The first kappa shape index (κ1) is 22.0. The molecule has 0 saturated heterocycles. The first-order valence-electron chi connectivity index (χ1n) is 9.63. The molecular formula is C26H24FeP2. The Morgan fingerprint density at radius 2 is 0.621 bits per heavy atom. The standard InChI is InChI=1S/C26H24P2.Fe/c1-22(27(23-14-6-2-7-15-23)24-16-8-3-9-17-24)28(25-18-10-4-11-19-25)26-20-12-5-13-21-26;/h2-22H,1H3;. The van der Waals surface area contributed by atoms with Crippen LogP contribution in [-0.2, 0) is 17.1 Å². The second-order valence-corrected chi connectivity index (χ2v) is 12.2. The van der Waals surface area contributed by atoms with Crippen LogP contribution in [0.25, 0.3) is 0 Å². The van der Waals surface area contributed by atoms with Gasteiger partial charge in [-0.05, 0) is 37.1 Å². The topological polar surface area (TPSA) is 0 Å². The zero-order chi connectivity index (χ0) is 19.2. The number of hydrogen-bond donors (Lipinski definition) is 0. The van der Waals surface area contributed by atoms with Crippen molar-refractivity contribution in [3.8, 4) is 0 Å². The summed E-state index contributed by atoms with van der Waals surface area (Å²) in [6, 6.07) is 44.3. The van der Waals surface area contributed by atoms with Gasteiger partial charge in [0, 0.05) is 22.5 Å². The van der Waals surface area contributed by atoms with Crippen molar-refractivity contribution in [2.45, 2.75) is 12.3 Å². The van der Waals surface area contributed by atoms with Gasteiger partial charge in [0.25, 0.3) is 0 Å². The molecule has 0 bridgehead atoms. The minimum absolute atomic E-state index is 0. The molecule has 0 aromatic heterocycles. The van der Waals surface area contributed by atoms with E-state index in [1.807, 2.05) is 0 Å². The molecule has 0 spiro atoms. The number of benzene rings is 4. The molecule has 0 aliphatic heterocycles. The van der Waals surface area contributed by atoms with E-state index in [1.165, 1.54) is 21.2 Å². The smallest absolute Gasteiger partial charge is 0.0126 e. The Labute approximate surface area is 187 Å². The molecular weight excluding hydrogens is 430 g/mol. The predicted octanol–water partition coefficient (Wildman–Crippen LogP) is 5.60. The van der Waals surface area contributed by atoms with E-state index >= 15 is 0 Å². The normalized spacial score (nSPS) is 10.9. The van der Waals surface area contributed by atoms with Gasteiger partial charge in [-0.1, -0.05) is 128 Å². The van der Waals surface area contributed by atoms with Crippen molar-refractivity contribution >= 4 is 37.1 Å². The maximum Gasteiger partial charge on any atom is 0.0126 e. The second-order valence-electron chi connectivity index (χ2n) is 6.71. The van der Waals surface area contributed by atoms with Crippen LogP contribution in [0.4, 0.5) is 0 Å². The van der Waals surface area contributed by atoms with E-state index in [2.05, 4.69) is 128 Å². The third-order valence-electron chi connectivity index (χ3n) is 4.88. The Kier molecular flexibility index (Phi) is 8.23. The van der Waals surface area contributed by atoms with Gasteiger partial charge in [-0.25, -0.2) is 0 Å². The largest absolute Gasteiger partial charge is 0.0622 e. The molecule has 0 radical (unpaired) electrons. The number of hydrogen-bond acceptors (Lipinski definition) is 0. The van der Waals surface area contributed by atoms with Crippen LogP contribution in [0, 0.1) is 0 Å². The Hall–Kier alpha value is -1.74. The van der Waals surface area contributed by atoms with E-state index in [0.29, 0.717) is 5.40 Å². The van der Waals surface area contributed by atoms with E-state index in [0.717, 1.165) is 0 Å². The van der Waals surface area contributed by atoms with Crippen LogP contribution in [0.3, 0.4) is 0 Å². The van der Waals surface area contributed by atoms with Crippen molar-refractivity contribution in [3.05, 3.63) is 121 Å². The Bertz CT molecular complexity index is 814. The van der Waals surface area contributed by atoms with Gasteiger partial charge in [-0.15, -0.1) is 0 Å². The fourth-order valence-electron chi connectivity index (χ4n) is 3.63. The van der Waals surface area contributed by atoms with Crippen molar-refractivity contribution < 1.29 is 17.1 Å². The van der Waals surface area contributed by atoms with Gasteiger partial charge in [0.1, 0.15) is 0 Å². The van der Waals surface area contributed by atoms with Gasteiger partial charge in [0.15, 0.2) is 0 Å². The summed E-state index contributed by atoms with van der Waals surface area (Å²) in [6.45, 7) is 2.46. The van der Waals surface area contributed by atoms with E-state index in [4.69, 9.17) is 0 Å². The molecule has 0 aliphatic rings. The van der Waals surface area contributed by atoms with Crippen LogP contribution in [-0.4, -0.2) is 5.40 Å². The maximum atomic E-state index is 2.46. The minimum Gasteiger partial charge on any atom is -0.0622 e. The first-order valence-corrected chi connectivity index (χ1v) is 12.5. The summed E-state index contributed by atoms with van der Waals surface area (Å²) in [6.07, 6.45) is 0. The molecule has 0 unspecified atom stereocenters. The quantitative estimate of drug-likeness (QED) is 0.263. The van der Waals surface area contributed by atoms with Gasteiger partial charge < -0.3 is 0 Å². The summed E-state index contributed by atoms with van der Waals surface area (Å²) in [5.74, 6) is 0. The Balaban J connectivity index is 0.00000240. The summed E-state index contributed by atoms with van der Waals surface area (Å²) in [7, 11) is -0.940. The van der Waals surface area contributed by atoms with Crippen LogP contribution in [0.15, 0.2) is 121 Å². The monoisotopic (exact) mass is 454 g/mol. The van der Waals surface area contributed by atoms with Gasteiger partial charge in [0.2, 0.25) is 0 Å². The summed E-state index contributed by atoms with van der Waals surface area (Å²) < 4.78 is 0. The van der Waals surface area contributed by atoms with Gasteiger partial charge in [0.05, 0.1) is 0 Å². The SMILES string of the molecule is CC(P(c1ccccc1)c1ccccc1)P(c1ccccc1)c1ccccc1.[Fe]. The molecule has 4 aromatic rings. The fourth-order valence-corrected chi connectivity index (χ4v) is 10.5. The Morgan fingerprint density at radius 1 is 0.414 bits per heavy atom. The molecule has 4 aromatic carbocycles. The van der Waals surface area contributed by atoms with Crippen LogP contribution in [0.5, 0.6) is 0 Å². The van der Waals surface area contributed by atoms with Crippen molar-refractivity contribution in [1.82, 2.24) is 0 Å². The second kappa shape index (κ2) is 10.9. The zero-order valence-electron chi connectivity index (χ0n) is 16.4. The van der Waals surface area contributed by atoms with Crippen LogP contribution in [0.2, 0.25) is 0 Å². The molecule has 3 heteroatoms. The third-order valence-corrected chi connectivity index (χ3v) is 11.2. The molecule has 0 aliphatic carbocycles. The van der Waals surface area contributed by atoms with Crippen molar-refractivity contribution in [2.24, 2.45) is 0 Å². The van der Waals surface area contributed by atoms with Crippen LogP contribution in [0.1, 0.15) is 6.92 Å². The number of rotatable bonds is 6. The summed E-state index contributed by atoms with van der Waals surface area (Å²) in [5.41, 5.74) is 0. The molecule has 29 heavy (non-hydrogen) atoms. The fraction of sp³-hybridized carbons (Fsp3) is 0.0769. The van der Waals surface area contributed by atoms with E-state index in [-0.39, 0.29) is 17.1 Å². The summed E-state index contributed by atoms with van der Waals surface area (Å²) >= 11 is 0. The van der Waals surface area contributed by atoms with Crippen molar-refractivity contribution in [2.75, 3.05) is 0 Å². The molecule has 0 fully saturated rings. The molecule has 0 heterocycles. The average Bonchev–Trinajstić information content (AvgIpc) is 2.77. The van der Waals surface area contributed by atoms with Crippen molar-refractivity contribution in [3.63, 3.8) is 0 Å². The molecule has 4 rings (SSSR count). The minimum atomic E-state index is -0.470. The molecule has 0 nitrogen and oxygen atoms in total. The maximum absolute atomic E-state index is 2.46. The molecule has 0 amide bonds. The molecule has 0 N–H and O–H groups in total. The zero-order valence-corrected chi connectivity index (χ0v) is 19.3. The van der Waals surface area contributed by atoms with Gasteiger partial charge >= 0.3 is 0 Å². The summed E-state index contributed by atoms with van der Waals surface area (Å²) in [4.78, 5) is 0. The van der Waals surface area contributed by atoms with E-state index < -0.39 is 15.8 Å². The molecule has 146 valence electrons. The third kappa shape index (κ3) is 5.25. The van der Waals surface area contributed by atoms with Crippen LogP contribution < -0.4 is 21.2 Å². The Morgan fingerprint density at radius 3 is 0.828 bits per heavy atom. The van der Waals surface area contributed by atoms with E-state index in [9.17, 15) is 0 Å². The first-order chi connectivity index (χ1) is 13.8. The molecule has 0 atom stereocenters. The van der Waals surface area contributed by atoms with Crippen LogP contribution >= 0.6 is 15.8 Å². The van der Waals surface area contributed by atoms with Crippen molar-refractivity contribution in [1.29, 1.82) is 0 Å². The van der Waals surface area contributed by atoms with E-state index in [1.54, 1.807) is 0 Å². The predicted molar refractivity (Wildman–Crippen MR) is 128 cm³/mol. The summed E-state index contributed by atoms with van der Waals surface area (Å²) in [5, 5.41) is 6.34. The molecule has 0 saturated carbocycles.